The topological polar surface area (TPSA) is 54.0 Å². The van der Waals surface area contributed by atoms with Crippen LogP contribution in [0.15, 0.2) is 24.3 Å². The van der Waals surface area contributed by atoms with E-state index in [2.05, 4.69) is 20.1 Å². The van der Waals surface area contributed by atoms with Crippen LogP contribution in [0.5, 0.6) is 0 Å². The van der Waals surface area contributed by atoms with E-state index in [0.717, 1.165) is 36.7 Å². The predicted molar refractivity (Wildman–Crippen MR) is 81.0 cm³/mol. The lowest BCUT2D eigenvalue weighted by atomic mass is 10.1. The van der Waals surface area contributed by atoms with Crippen molar-refractivity contribution in [3.05, 3.63) is 47.3 Å². The molecule has 1 saturated heterocycles. The van der Waals surface area contributed by atoms with Crippen molar-refractivity contribution in [2.75, 3.05) is 20.2 Å². The first-order valence-corrected chi connectivity index (χ1v) is 7.56. The molecule has 1 fully saturated rings. The molecule has 2 aromatic rings. The number of nitrogens with one attached hydrogen (secondary N) is 1. The van der Waals surface area contributed by atoms with E-state index in [-0.39, 0.29) is 18.0 Å². The van der Waals surface area contributed by atoms with Crippen LogP contribution in [-0.4, -0.2) is 46.4 Å². The molecular formula is C16H21FN4O. The van der Waals surface area contributed by atoms with Crippen LogP contribution in [0.4, 0.5) is 4.39 Å². The molecule has 0 aliphatic carbocycles. The molecule has 1 aromatic carbocycles. The Morgan fingerprint density at radius 3 is 2.91 bits per heavy atom. The molecule has 2 atom stereocenters. The summed E-state index contributed by atoms with van der Waals surface area (Å²) in [6, 6.07) is 7.06. The number of rotatable bonds is 5. The number of H-pyrrole nitrogens is 1. The number of aromatic nitrogens is 3. The largest absolute Gasteiger partial charge is 0.380 e. The fraction of sp³-hybridized carbons (Fsp3) is 0.500. The van der Waals surface area contributed by atoms with Gasteiger partial charge in [0.05, 0.1) is 12.1 Å². The second-order valence-electron chi connectivity index (χ2n) is 5.72. The van der Waals surface area contributed by atoms with Gasteiger partial charge in [0.2, 0.25) is 0 Å². The van der Waals surface area contributed by atoms with Crippen molar-refractivity contribution in [1.29, 1.82) is 0 Å². The molecule has 1 aromatic heterocycles. The van der Waals surface area contributed by atoms with Crippen LogP contribution in [0.3, 0.4) is 0 Å². The van der Waals surface area contributed by atoms with Gasteiger partial charge in [-0.3, -0.25) is 10.00 Å². The van der Waals surface area contributed by atoms with Crippen molar-refractivity contribution in [1.82, 2.24) is 20.1 Å². The molecule has 1 aliphatic rings. The van der Waals surface area contributed by atoms with Crippen LogP contribution >= 0.6 is 0 Å². The molecule has 0 amide bonds. The van der Waals surface area contributed by atoms with E-state index in [0.29, 0.717) is 6.42 Å². The Morgan fingerprint density at radius 1 is 1.41 bits per heavy atom. The van der Waals surface area contributed by atoms with Crippen LogP contribution < -0.4 is 0 Å². The summed E-state index contributed by atoms with van der Waals surface area (Å²) in [5.41, 5.74) is 0.744. The minimum Gasteiger partial charge on any atom is -0.380 e. The van der Waals surface area contributed by atoms with Crippen LogP contribution in [0.1, 0.15) is 29.7 Å². The smallest absolute Gasteiger partial charge is 0.167 e. The molecule has 0 spiro atoms. The summed E-state index contributed by atoms with van der Waals surface area (Å²) in [6.45, 7) is 3.48. The Kier molecular flexibility index (Phi) is 4.49. The summed E-state index contributed by atoms with van der Waals surface area (Å²) < 4.78 is 19.3. The molecule has 0 saturated carbocycles. The number of benzene rings is 1. The number of ether oxygens (including phenoxy) is 1. The Labute approximate surface area is 129 Å². The van der Waals surface area contributed by atoms with Gasteiger partial charge in [0, 0.05) is 20.2 Å². The van der Waals surface area contributed by atoms with Gasteiger partial charge >= 0.3 is 0 Å². The minimum atomic E-state index is -0.143. The number of aromatic amines is 1. The highest BCUT2D eigenvalue weighted by atomic mass is 19.1. The fourth-order valence-corrected chi connectivity index (χ4v) is 3.02. The molecule has 0 bridgehead atoms. The summed E-state index contributed by atoms with van der Waals surface area (Å²) in [5, 5.41) is 7.18. The summed E-state index contributed by atoms with van der Waals surface area (Å²) >= 11 is 0. The molecular weight excluding hydrogens is 283 g/mol. The zero-order chi connectivity index (χ0) is 15.5. The second kappa shape index (κ2) is 6.54. The van der Waals surface area contributed by atoms with E-state index in [9.17, 15) is 4.39 Å². The molecule has 3 rings (SSSR count). The van der Waals surface area contributed by atoms with Gasteiger partial charge in [-0.15, -0.1) is 0 Å². The first-order chi connectivity index (χ1) is 10.7. The van der Waals surface area contributed by atoms with Crippen molar-refractivity contribution in [2.24, 2.45) is 0 Å². The van der Waals surface area contributed by atoms with Gasteiger partial charge in [-0.05, 0) is 31.4 Å². The Morgan fingerprint density at radius 2 is 2.23 bits per heavy atom. The van der Waals surface area contributed by atoms with E-state index in [1.54, 1.807) is 13.2 Å². The second-order valence-corrected chi connectivity index (χ2v) is 5.72. The molecule has 2 heterocycles. The predicted octanol–water partition coefficient (Wildman–Crippen LogP) is 2.26. The SMILES string of the molecule is CO[C@@H]1C[C@@H](c2n[nH]c(C)n2)N(CCc2ccccc2F)C1. The normalized spacial score (nSPS) is 22.3. The van der Waals surface area contributed by atoms with Crippen LogP contribution in [-0.2, 0) is 11.2 Å². The maximum absolute atomic E-state index is 13.8. The third-order valence-corrected chi connectivity index (χ3v) is 4.24. The van der Waals surface area contributed by atoms with Gasteiger partial charge in [0.15, 0.2) is 5.82 Å². The van der Waals surface area contributed by atoms with Crippen molar-refractivity contribution >= 4 is 0 Å². The quantitative estimate of drug-likeness (QED) is 0.920. The van der Waals surface area contributed by atoms with E-state index in [4.69, 9.17) is 4.74 Å². The van der Waals surface area contributed by atoms with Gasteiger partial charge in [-0.25, -0.2) is 9.37 Å². The number of hydrogen-bond donors (Lipinski definition) is 1. The van der Waals surface area contributed by atoms with Gasteiger partial charge in [-0.2, -0.15) is 5.10 Å². The third-order valence-electron chi connectivity index (χ3n) is 4.24. The van der Waals surface area contributed by atoms with Crippen molar-refractivity contribution in [3.8, 4) is 0 Å². The maximum atomic E-state index is 13.8. The summed E-state index contributed by atoms with van der Waals surface area (Å²) in [7, 11) is 1.73. The molecule has 118 valence electrons. The number of methoxy groups -OCH3 is 1. The summed E-state index contributed by atoms with van der Waals surface area (Å²) in [5.74, 6) is 1.46. The van der Waals surface area contributed by atoms with E-state index < -0.39 is 0 Å². The maximum Gasteiger partial charge on any atom is 0.167 e. The van der Waals surface area contributed by atoms with Gasteiger partial charge in [0.25, 0.3) is 0 Å². The van der Waals surface area contributed by atoms with Crippen molar-refractivity contribution < 1.29 is 9.13 Å². The van der Waals surface area contributed by atoms with E-state index in [1.807, 2.05) is 19.1 Å². The first-order valence-electron chi connectivity index (χ1n) is 7.56. The monoisotopic (exact) mass is 304 g/mol. The molecule has 5 nitrogen and oxygen atoms in total. The highest BCUT2D eigenvalue weighted by Gasteiger charge is 2.35. The Balaban J connectivity index is 1.71. The third kappa shape index (κ3) is 3.18. The zero-order valence-electron chi connectivity index (χ0n) is 12.9. The van der Waals surface area contributed by atoms with Crippen LogP contribution in [0.2, 0.25) is 0 Å². The minimum absolute atomic E-state index is 0.127. The zero-order valence-corrected chi connectivity index (χ0v) is 12.9. The highest BCUT2D eigenvalue weighted by Crippen LogP contribution is 2.31. The lowest BCUT2D eigenvalue weighted by Crippen LogP contribution is -2.28. The number of hydrogen-bond acceptors (Lipinski definition) is 4. The number of halogens is 1. The average Bonchev–Trinajstić information content (AvgIpc) is 3.12. The lowest BCUT2D eigenvalue weighted by molar-refractivity contribution is 0.108. The molecule has 0 radical (unpaired) electrons. The number of nitrogens with zero attached hydrogens (tertiary/aromatic N) is 3. The molecule has 1 aliphatic heterocycles. The van der Waals surface area contributed by atoms with E-state index in [1.165, 1.54) is 6.07 Å². The van der Waals surface area contributed by atoms with Gasteiger partial charge in [-0.1, -0.05) is 18.2 Å². The number of aryl methyl sites for hydroxylation is 1. The van der Waals surface area contributed by atoms with Crippen LogP contribution in [0.25, 0.3) is 0 Å². The molecule has 6 heteroatoms. The standard InChI is InChI=1S/C16H21FN4O/c1-11-18-16(20-19-11)15-9-13(22-2)10-21(15)8-7-12-5-3-4-6-14(12)17/h3-6,13,15H,7-10H2,1-2H3,(H,18,19,20)/t13-,15+/m1/s1. The van der Waals surface area contributed by atoms with E-state index >= 15 is 0 Å². The number of likely N-dealkylation sites (tertiary alicyclic amines) is 1. The van der Waals surface area contributed by atoms with Crippen LogP contribution in [0, 0.1) is 12.7 Å². The lowest BCUT2D eigenvalue weighted by Gasteiger charge is -2.21. The van der Waals surface area contributed by atoms with Crippen molar-refractivity contribution in [2.45, 2.75) is 31.9 Å². The van der Waals surface area contributed by atoms with Crippen molar-refractivity contribution in [3.63, 3.8) is 0 Å². The summed E-state index contributed by atoms with van der Waals surface area (Å²) in [6.07, 6.45) is 1.71. The summed E-state index contributed by atoms with van der Waals surface area (Å²) in [4.78, 5) is 6.73. The van der Waals surface area contributed by atoms with Gasteiger partial charge in [0.1, 0.15) is 11.6 Å². The van der Waals surface area contributed by atoms with Gasteiger partial charge < -0.3 is 4.74 Å². The first kappa shape index (κ1) is 15.1. The Bertz CT molecular complexity index is 630. The molecule has 22 heavy (non-hydrogen) atoms. The average molecular weight is 304 g/mol. The molecule has 0 unspecified atom stereocenters. The molecule has 1 N–H and O–H groups in total. The fourth-order valence-electron chi connectivity index (χ4n) is 3.02. The highest BCUT2D eigenvalue weighted by molar-refractivity contribution is 5.17. The Hall–Kier alpha value is -1.79.